The standard InChI is InChI=1S/C12H14S4/c13-10-5-15-3-7-1-2-8(10)12-9(7)4-16-6-11(12)14/h1-2,10-11,13-14H,3-6H2. The molecule has 2 atom stereocenters. The van der Waals surface area contributed by atoms with Crippen LogP contribution in [0.5, 0.6) is 0 Å². The molecule has 3 aliphatic rings. The van der Waals surface area contributed by atoms with E-state index in [9.17, 15) is 0 Å². The molecule has 0 radical (unpaired) electrons. The van der Waals surface area contributed by atoms with Gasteiger partial charge in [0.15, 0.2) is 0 Å². The summed E-state index contributed by atoms with van der Waals surface area (Å²) in [5, 5.41) is 0.785. The van der Waals surface area contributed by atoms with Gasteiger partial charge in [-0.2, -0.15) is 48.8 Å². The Hall–Kier alpha value is 0.620. The maximum atomic E-state index is 4.75. The maximum absolute atomic E-state index is 4.75. The third kappa shape index (κ3) is 1.92. The fraction of sp³-hybridized carbons (Fsp3) is 0.500. The first-order valence-corrected chi connectivity index (χ1v) is 8.77. The molecule has 0 N–H and O–H groups in total. The molecule has 2 bridgehead atoms. The van der Waals surface area contributed by atoms with E-state index in [0.717, 1.165) is 23.0 Å². The lowest BCUT2D eigenvalue weighted by Crippen LogP contribution is -2.15. The van der Waals surface area contributed by atoms with Crippen LogP contribution in [0.1, 0.15) is 32.8 Å². The van der Waals surface area contributed by atoms with Gasteiger partial charge < -0.3 is 0 Å². The second-order valence-electron chi connectivity index (χ2n) is 4.27. The largest absolute Gasteiger partial charge is 0.170 e. The molecule has 3 heterocycles. The zero-order valence-corrected chi connectivity index (χ0v) is 12.3. The molecule has 86 valence electrons. The van der Waals surface area contributed by atoms with Crippen LogP contribution in [-0.4, -0.2) is 11.5 Å². The van der Waals surface area contributed by atoms with Gasteiger partial charge in [0.05, 0.1) is 0 Å². The van der Waals surface area contributed by atoms with Gasteiger partial charge in [0.25, 0.3) is 0 Å². The molecule has 0 aliphatic carbocycles. The first kappa shape index (κ1) is 11.7. The van der Waals surface area contributed by atoms with E-state index in [1.54, 1.807) is 5.56 Å². The number of benzene rings is 1. The van der Waals surface area contributed by atoms with E-state index < -0.39 is 0 Å². The molecule has 0 spiro atoms. The lowest BCUT2D eigenvalue weighted by atomic mass is 9.93. The summed E-state index contributed by atoms with van der Waals surface area (Å²) in [4.78, 5) is 0. The molecule has 0 saturated heterocycles. The number of fused-ring (bicyclic) bond motifs is 4. The summed E-state index contributed by atoms with van der Waals surface area (Å²) in [6, 6.07) is 4.58. The van der Waals surface area contributed by atoms with Crippen molar-refractivity contribution in [2.75, 3.05) is 11.5 Å². The number of thiol groups is 2. The Morgan fingerprint density at radius 3 is 2.62 bits per heavy atom. The predicted octanol–water partition coefficient (Wildman–Crippen LogP) is 4.12. The summed E-state index contributed by atoms with van der Waals surface area (Å²) in [5.74, 6) is 4.56. The van der Waals surface area contributed by atoms with Crippen LogP contribution in [0, 0.1) is 0 Å². The van der Waals surface area contributed by atoms with Crippen molar-refractivity contribution >= 4 is 48.8 Å². The summed E-state index contributed by atoms with van der Waals surface area (Å²) < 4.78 is 0. The Kier molecular flexibility index (Phi) is 3.44. The average molecular weight is 287 g/mol. The Balaban J connectivity index is 2.22. The van der Waals surface area contributed by atoms with Crippen molar-refractivity contribution in [1.29, 1.82) is 0 Å². The van der Waals surface area contributed by atoms with Gasteiger partial charge in [-0.25, -0.2) is 0 Å². The topological polar surface area (TPSA) is 0 Å². The van der Waals surface area contributed by atoms with Gasteiger partial charge in [-0.15, -0.1) is 0 Å². The molecule has 3 aliphatic heterocycles. The second kappa shape index (κ2) is 4.71. The SMILES string of the molecule is SC1CSCc2ccc1c1c2CSCC1S. The fourth-order valence-electron chi connectivity index (χ4n) is 2.44. The summed E-state index contributed by atoms with van der Waals surface area (Å²) in [7, 11) is 0. The fourth-order valence-corrected chi connectivity index (χ4v) is 5.67. The van der Waals surface area contributed by atoms with Crippen molar-refractivity contribution in [2.45, 2.75) is 22.0 Å². The van der Waals surface area contributed by atoms with Gasteiger partial charge in [-0.1, -0.05) is 12.1 Å². The molecule has 0 fully saturated rings. The normalized spacial score (nSPS) is 28.4. The Morgan fingerprint density at radius 1 is 1.00 bits per heavy atom. The minimum atomic E-state index is 0.380. The van der Waals surface area contributed by atoms with Gasteiger partial charge in [0.2, 0.25) is 0 Å². The van der Waals surface area contributed by atoms with Crippen LogP contribution in [0.3, 0.4) is 0 Å². The van der Waals surface area contributed by atoms with Crippen LogP contribution in [0.2, 0.25) is 0 Å². The van der Waals surface area contributed by atoms with Gasteiger partial charge in [0, 0.05) is 33.5 Å². The van der Waals surface area contributed by atoms with E-state index in [2.05, 4.69) is 12.1 Å². The maximum Gasteiger partial charge on any atom is 0.0364 e. The third-order valence-electron chi connectivity index (χ3n) is 3.24. The van der Waals surface area contributed by atoms with Crippen molar-refractivity contribution in [3.63, 3.8) is 0 Å². The monoisotopic (exact) mass is 286 g/mol. The molecular formula is C12H14S4. The van der Waals surface area contributed by atoms with Gasteiger partial charge >= 0.3 is 0 Å². The number of thioether (sulfide) groups is 2. The molecule has 0 amide bonds. The lowest BCUT2D eigenvalue weighted by molar-refractivity contribution is 0.967. The summed E-state index contributed by atoms with van der Waals surface area (Å²) in [5.41, 5.74) is 6.00. The Labute approximate surface area is 116 Å². The van der Waals surface area contributed by atoms with Crippen LogP contribution in [0.4, 0.5) is 0 Å². The molecular weight excluding hydrogens is 272 g/mol. The van der Waals surface area contributed by atoms with Crippen LogP contribution in [0.25, 0.3) is 0 Å². The van der Waals surface area contributed by atoms with Crippen LogP contribution >= 0.6 is 48.8 Å². The van der Waals surface area contributed by atoms with Gasteiger partial charge in [-0.3, -0.25) is 0 Å². The Morgan fingerprint density at radius 2 is 1.75 bits per heavy atom. The zero-order chi connectivity index (χ0) is 11.1. The summed E-state index contributed by atoms with van der Waals surface area (Å²) >= 11 is 13.5. The van der Waals surface area contributed by atoms with E-state index >= 15 is 0 Å². The molecule has 0 nitrogen and oxygen atoms in total. The first-order chi connectivity index (χ1) is 7.77. The summed E-state index contributed by atoms with van der Waals surface area (Å²) in [6.07, 6.45) is 0. The van der Waals surface area contributed by atoms with Gasteiger partial charge in [-0.05, 0) is 22.3 Å². The number of hydrogen-bond donors (Lipinski definition) is 2. The third-order valence-corrected chi connectivity index (χ3v) is 6.78. The quantitative estimate of drug-likeness (QED) is 0.689. The molecule has 0 saturated carbocycles. The second-order valence-corrected chi connectivity index (χ2v) is 7.58. The highest BCUT2D eigenvalue weighted by atomic mass is 32.2. The van der Waals surface area contributed by atoms with Crippen LogP contribution < -0.4 is 0 Å². The van der Waals surface area contributed by atoms with Gasteiger partial charge in [0.1, 0.15) is 0 Å². The minimum absolute atomic E-state index is 0.380. The molecule has 1 aromatic carbocycles. The van der Waals surface area contributed by atoms with E-state index in [4.69, 9.17) is 25.3 Å². The summed E-state index contributed by atoms with van der Waals surface area (Å²) in [6.45, 7) is 0. The van der Waals surface area contributed by atoms with Crippen LogP contribution in [-0.2, 0) is 11.5 Å². The van der Waals surface area contributed by atoms with E-state index in [-0.39, 0.29) is 0 Å². The molecule has 0 aromatic heterocycles. The van der Waals surface area contributed by atoms with Crippen molar-refractivity contribution < 1.29 is 0 Å². The van der Waals surface area contributed by atoms with Crippen molar-refractivity contribution in [3.8, 4) is 0 Å². The van der Waals surface area contributed by atoms with Crippen molar-refractivity contribution in [3.05, 3.63) is 34.4 Å². The molecule has 4 heteroatoms. The highest BCUT2D eigenvalue weighted by Gasteiger charge is 2.27. The van der Waals surface area contributed by atoms with Crippen molar-refractivity contribution in [1.82, 2.24) is 0 Å². The number of rotatable bonds is 0. The van der Waals surface area contributed by atoms with E-state index in [1.165, 1.54) is 16.7 Å². The van der Waals surface area contributed by atoms with Crippen molar-refractivity contribution in [2.24, 2.45) is 0 Å². The molecule has 2 unspecified atom stereocenters. The minimum Gasteiger partial charge on any atom is -0.170 e. The first-order valence-electron chi connectivity index (χ1n) is 5.43. The van der Waals surface area contributed by atoms with Crippen LogP contribution in [0.15, 0.2) is 12.1 Å². The molecule has 4 rings (SSSR count). The molecule has 16 heavy (non-hydrogen) atoms. The van der Waals surface area contributed by atoms with E-state index in [1.807, 2.05) is 23.5 Å². The Bertz CT molecular complexity index is 416. The zero-order valence-electron chi connectivity index (χ0n) is 8.85. The number of hydrogen-bond acceptors (Lipinski definition) is 4. The molecule has 1 aromatic rings. The highest BCUT2D eigenvalue weighted by molar-refractivity contribution is 7.99. The van der Waals surface area contributed by atoms with E-state index in [0.29, 0.717) is 10.5 Å². The lowest BCUT2D eigenvalue weighted by Gasteiger charge is -2.30. The smallest absolute Gasteiger partial charge is 0.0364 e. The highest BCUT2D eigenvalue weighted by Crippen LogP contribution is 2.45. The average Bonchev–Trinajstić information content (AvgIpc) is 2.26. The predicted molar refractivity (Wildman–Crippen MR) is 82.2 cm³/mol.